The van der Waals surface area contributed by atoms with Crippen molar-refractivity contribution in [1.82, 2.24) is 19.8 Å². The molecule has 0 aliphatic heterocycles. The highest BCUT2D eigenvalue weighted by Gasteiger charge is 2.34. The Kier molecular flexibility index (Phi) is 7.63. The number of rotatable bonds is 8. The average molecular weight is 511 g/mol. The van der Waals surface area contributed by atoms with E-state index in [4.69, 9.17) is 0 Å². The van der Waals surface area contributed by atoms with Crippen molar-refractivity contribution >= 4 is 15.9 Å². The number of benzene rings is 2. The van der Waals surface area contributed by atoms with Gasteiger partial charge in [-0.05, 0) is 62.8 Å². The summed E-state index contributed by atoms with van der Waals surface area (Å²) in [6.45, 7) is 3.36. The Balaban J connectivity index is 1.34. The van der Waals surface area contributed by atoms with Gasteiger partial charge in [-0.2, -0.15) is 5.10 Å². The van der Waals surface area contributed by atoms with E-state index in [1.54, 1.807) is 49.0 Å². The Morgan fingerprint density at radius 2 is 1.67 bits per heavy atom. The number of carbonyl (C=O) groups excluding carboxylic acids is 1. The van der Waals surface area contributed by atoms with E-state index in [0.717, 1.165) is 16.7 Å². The average Bonchev–Trinajstić information content (AvgIpc) is 3.29. The smallest absolute Gasteiger partial charge is 0.240 e. The van der Waals surface area contributed by atoms with Crippen LogP contribution in [0.3, 0.4) is 0 Å². The summed E-state index contributed by atoms with van der Waals surface area (Å²) in [7, 11) is -1.84. The molecule has 1 heterocycles. The molecule has 3 aromatic rings. The van der Waals surface area contributed by atoms with Crippen molar-refractivity contribution in [2.45, 2.75) is 62.1 Å². The number of aliphatic hydroxyl groups is 1. The van der Waals surface area contributed by atoms with Crippen LogP contribution >= 0.6 is 0 Å². The molecule has 1 atom stereocenters. The molecule has 1 aliphatic carbocycles. The van der Waals surface area contributed by atoms with E-state index in [1.807, 2.05) is 43.6 Å². The second kappa shape index (κ2) is 10.5. The number of aryl methyl sites for hydroxylation is 1. The van der Waals surface area contributed by atoms with E-state index in [1.165, 1.54) is 0 Å². The molecule has 1 saturated carbocycles. The van der Waals surface area contributed by atoms with Gasteiger partial charge in [0, 0.05) is 30.8 Å². The molecule has 0 spiro atoms. The molecule has 3 N–H and O–H groups in total. The third-order valence-electron chi connectivity index (χ3n) is 6.75. The highest BCUT2D eigenvalue weighted by atomic mass is 32.2. The minimum absolute atomic E-state index is 0.113. The summed E-state index contributed by atoms with van der Waals surface area (Å²) < 4.78 is 30.4. The van der Waals surface area contributed by atoms with Crippen LogP contribution < -0.4 is 10.0 Å². The second-order valence-corrected chi connectivity index (χ2v) is 11.8. The van der Waals surface area contributed by atoms with Gasteiger partial charge in [0.05, 0.1) is 22.7 Å². The molecule has 1 amide bonds. The Bertz CT molecular complexity index is 1270. The maximum Gasteiger partial charge on any atom is 0.240 e. The van der Waals surface area contributed by atoms with Gasteiger partial charge in [-0.1, -0.05) is 42.5 Å². The van der Waals surface area contributed by atoms with E-state index in [2.05, 4.69) is 15.1 Å². The van der Waals surface area contributed by atoms with E-state index < -0.39 is 21.7 Å². The summed E-state index contributed by atoms with van der Waals surface area (Å²) in [5.41, 5.74) is 1.53. The lowest BCUT2D eigenvalue weighted by Gasteiger charge is -2.34. The first-order chi connectivity index (χ1) is 17.0. The zero-order chi connectivity index (χ0) is 25.9. The molecule has 0 bridgehead atoms. The minimum atomic E-state index is -3.67. The molecule has 36 heavy (non-hydrogen) atoms. The predicted molar refractivity (Wildman–Crippen MR) is 138 cm³/mol. The topological polar surface area (TPSA) is 113 Å². The molecule has 0 radical (unpaired) electrons. The largest absolute Gasteiger partial charge is 0.388 e. The van der Waals surface area contributed by atoms with Crippen molar-refractivity contribution in [3.8, 4) is 11.1 Å². The van der Waals surface area contributed by atoms with Crippen molar-refractivity contribution in [3.05, 3.63) is 72.6 Å². The number of hydrogen-bond acceptors (Lipinski definition) is 5. The van der Waals surface area contributed by atoms with Gasteiger partial charge < -0.3 is 10.4 Å². The highest BCUT2D eigenvalue weighted by Crippen LogP contribution is 2.30. The van der Waals surface area contributed by atoms with Gasteiger partial charge >= 0.3 is 0 Å². The van der Waals surface area contributed by atoms with Crippen LogP contribution in [0.2, 0.25) is 0 Å². The lowest BCUT2D eigenvalue weighted by Crippen LogP contribution is -2.46. The normalized spacial score (nSPS) is 19.6. The minimum Gasteiger partial charge on any atom is -0.388 e. The quantitative estimate of drug-likeness (QED) is 0.429. The van der Waals surface area contributed by atoms with E-state index in [0.29, 0.717) is 25.7 Å². The van der Waals surface area contributed by atoms with Gasteiger partial charge in [0.25, 0.3) is 0 Å². The van der Waals surface area contributed by atoms with Crippen molar-refractivity contribution < 1.29 is 18.3 Å². The zero-order valence-corrected chi connectivity index (χ0v) is 21.7. The second-order valence-electron chi connectivity index (χ2n) is 10.1. The first-order valence-corrected chi connectivity index (χ1v) is 13.7. The molecule has 8 nitrogen and oxygen atoms in total. The van der Waals surface area contributed by atoms with Crippen LogP contribution in [0.15, 0.2) is 71.9 Å². The molecule has 1 aliphatic rings. The fraction of sp³-hybridized carbons (Fsp3) is 0.407. The first kappa shape index (κ1) is 26.1. The summed E-state index contributed by atoms with van der Waals surface area (Å²) >= 11 is 0. The Labute approximate surface area is 212 Å². The molecule has 2 aromatic carbocycles. The number of nitrogens with zero attached hydrogens (tertiary/aromatic N) is 2. The maximum atomic E-state index is 13.0. The monoisotopic (exact) mass is 510 g/mol. The number of hydrogen-bond donors (Lipinski definition) is 3. The standard InChI is InChI=1S/C27H34N4O4S/c1-27(2,33)25(20-7-5-4-6-8-20)29-26(32)21-9-13-23(14-10-21)30-36(34,35)24-15-11-19(12-16-24)22-17-28-31(3)18-22/h4-8,11-12,15-18,21,23,25,30,33H,9-10,13-14H2,1-3H3,(H,29,32)/t21?,23?,25-/m0/s1. The Morgan fingerprint density at radius 1 is 1.03 bits per heavy atom. The van der Waals surface area contributed by atoms with E-state index >= 15 is 0 Å². The third kappa shape index (κ3) is 6.21. The molecular weight excluding hydrogens is 476 g/mol. The molecule has 0 unspecified atom stereocenters. The number of aromatic nitrogens is 2. The Morgan fingerprint density at radius 3 is 2.22 bits per heavy atom. The summed E-state index contributed by atoms with van der Waals surface area (Å²) in [4.78, 5) is 13.2. The fourth-order valence-electron chi connectivity index (χ4n) is 4.73. The highest BCUT2D eigenvalue weighted by molar-refractivity contribution is 7.89. The van der Waals surface area contributed by atoms with Crippen LogP contribution in [0.5, 0.6) is 0 Å². The molecule has 192 valence electrons. The molecular formula is C27H34N4O4S. The Hall–Kier alpha value is -3.01. The lowest BCUT2D eigenvalue weighted by molar-refractivity contribution is -0.128. The molecule has 4 rings (SSSR count). The number of amides is 1. The summed E-state index contributed by atoms with van der Waals surface area (Å²) in [6, 6.07) is 15.4. The van der Waals surface area contributed by atoms with Crippen molar-refractivity contribution in [3.63, 3.8) is 0 Å². The SMILES string of the molecule is Cn1cc(-c2ccc(S(=O)(=O)NC3CCC(C(=O)N[C@@H](c4ccccc4)C(C)(C)O)CC3)cc2)cn1. The lowest BCUT2D eigenvalue weighted by atomic mass is 9.84. The predicted octanol–water partition coefficient (Wildman–Crippen LogP) is 3.55. The maximum absolute atomic E-state index is 13.0. The molecule has 1 aromatic heterocycles. The van der Waals surface area contributed by atoms with Crippen LogP contribution in [-0.4, -0.2) is 40.9 Å². The first-order valence-electron chi connectivity index (χ1n) is 12.2. The number of nitrogens with one attached hydrogen (secondary N) is 2. The third-order valence-corrected chi connectivity index (χ3v) is 8.28. The van der Waals surface area contributed by atoms with Gasteiger partial charge in [-0.25, -0.2) is 13.1 Å². The van der Waals surface area contributed by atoms with Crippen LogP contribution in [0.4, 0.5) is 0 Å². The van der Waals surface area contributed by atoms with Gasteiger partial charge in [-0.3, -0.25) is 9.48 Å². The van der Waals surface area contributed by atoms with Gasteiger partial charge in [-0.15, -0.1) is 0 Å². The molecule has 1 fully saturated rings. The van der Waals surface area contributed by atoms with Crippen LogP contribution in [0.1, 0.15) is 51.1 Å². The summed E-state index contributed by atoms with van der Waals surface area (Å²) in [5.74, 6) is -0.337. The summed E-state index contributed by atoms with van der Waals surface area (Å²) in [6.07, 6.45) is 5.91. The van der Waals surface area contributed by atoms with Crippen LogP contribution in [-0.2, 0) is 21.9 Å². The number of carbonyl (C=O) groups is 1. The van der Waals surface area contributed by atoms with Crippen molar-refractivity contribution in [1.29, 1.82) is 0 Å². The van der Waals surface area contributed by atoms with Crippen LogP contribution in [0, 0.1) is 5.92 Å². The molecule has 0 saturated heterocycles. The summed E-state index contributed by atoms with van der Waals surface area (Å²) in [5, 5.41) is 17.8. The van der Waals surface area contributed by atoms with Gasteiger partial charge in [0.15, 0.2) is 0 Å². The van der Waals surface area contributed by atoms with Crippen molar-refractivity contribution in [2.75, 3.05) is 0 Å². The zero-order valence-electron chi connectivity index (χ0n) is 20.9. The van der Waals surface area contributed by atoms with Crippen molar-refractivity contribution in [2.24, 2.45) is 13.0 Å². The fourth-order valence-corrected chi connectivity index (χ4v) is 6.04. The number of sulfonamides is 1. The van der Waals surface area contributed by atoms with Gasteiger partial charge in [0.1, 0.15) is 0 Å². The van der Waals surface area contributed by atoms with Crippen LogP contribution in [0.25, 0.3) is 11.1 Å². The van der Waals surface area contributed by atoms with E-state index in [-0.39, 0.29) is 22.8 Å². The van der Waals surface area contributed by atoms with E-state index in [9.17, 15) is 18.3 Å². The van der Waals surface area contributed by atoms with Gasteiger partial charge in [0.2, 0.25) is 15.9 Å². The molecule has 9 heteroatoms.